The minimum Gasteiger partial charge on any atom is -0.497 e. The van der Waals surface area contributed by atoms with E-state index in [-0.39, 0.29) is 17.3 Å². The van der Waals surface area contributed by atoms with Gasteiger partial charge in [-0.1, -0.05) is 6.07 Å². The van der Waals surface area contributed by atoms with Crippen LogP contribution < -0.4 is 24.7 Å². The number of hydrogen-bond acceptors (Lipinski definition) is 9. The molecule has 0 fully saturated rings. The maximum absolute atomic E-state index is 13.6. The third-order valence-corrected chi connectivity index (χ3v) is 7.04. The quantitative estimate of drug-likeness (QED) is 0.320. The summed E-state index contributed by atoms with van der Waals surface area (Å²) in [4.78, 5) is 31.9. The van der Waals surface area contributed by atoms with Crippen LogP contribution in [0.25, 0.3) is 21.3 Å². The highest BCUT2D eigenvalue weighted by Crippen LogP contribution is 2.45. The molecule has 2 aromatic carbocycles. The number of nitrogens with zero attached hydrogens (tertiary/aromatic N) is 1. The highest BCUT2D eigenvalue weighted by atomic mass is 32.1. The largest absolute Gasteiger partial charge is 0.497 e. The van der Waals surface area contributed by atoms with E-state index in [0.29, 0.717) is 66.0 Å². The van der Waals surface area contributed by atoms with Gasteiger partial charge in [-0.25, -0.2) is 4.98 Å². The average molecular weight is 507 g/mol. The molecule has 186 valence electrons. The number of hydrogen-bond donors (Lipinski definition) is 1. The molecule has 0 bridgehead atoms. The van der Waals surface area contributed by atoms with E-state index in [9.17, 15) is 9.59 Å². The monoisotopic (exact) mass is 506 g/mol. The first kappa shape index (κ1) is 25.0. The molecule has 2 N–H and O–H groups in total. The summed E-state index contributed by atoms with van der Waals surface area (Å²) in [5, 5.41) is 0.541. The summed E-state index contributed by atoms with van der Waals surface area (Å²) < 4.78 is 21.5. The van der Waals surface area contributed by atoms with Crippen molar-refractivity contribution in [2.24, 2.45) is 0 Å². The molecule has 9 heteroatoms. The molecule has 36 heavy (non-hydrogen) atoms. The number of carbonyl (C=O) groups is 2. The highest BCUT2D eigenvalue weighted by molar-refractivity contribution is 7.21. The molecule has 0 amide bonds. The van der Waals surface area contributed by atoms with Gasteiger partial charge in [0, 0.05) is 22.6 Å². The van der Waals surface area contributed by atoms with Crippen LogP contribution in [0.1, 0.15) is 38.2 Å². The maximum Gasteiger partial charge on any atom is 0.208 e. The van der Waals surface area contributed by atoms with Gasteiger partial charge >= 0.3 is 0 Å². The summed E-state index contributed by atoms with van der Waals surface area (Å²) in [5.74, 6) is 1.50. The first-order chi connectivity index (χ1) is 17.2. The Morgan fingerprint density at radius 2 is 1.58 bits per heavy atom. The van der Waals surface area contributed by atoms with Crippen molar-refractivity contribution in [1.29, 1.82) is 0 Å². The van der Waals surface area contributed by atoms with Gasteiger partial charge < -0.3 is 24.7 Å². The van der Waals surface area contributed by atoms with Gasteiger partial charge in [-0.05, 0) is 43.7 Å². The summed E-state index contributed by atoms with van der Waals surface area (Å²) in [7, 11) is 6.12. The number of fused-ring (bicyclic) bond motifs is 1. The van der Waals surface area contributed by atoms with E-state index < -0.39 is 0 Å². The predicted molar refractivity (Wildman–Crippen MR) is 140 cm³/mol. The first-order valence-electron chi connectivity index (χ1n) is 11.0. The fraction of sp³-hybridized carbons (Fsp3) is 0.222. The van der Waals surface area contributed by atoms with E-state index >= 15 is 0 Å². The van der Waals surface area contributed by atoms with E-state index in [0.717, 1.165) is 0 Å². The molecule has 4 rings (SSSR count). The number of methoxy groups -OCH3 is 4. The van der Waals surface area contributed by atoms with Gasteiger partial charge in [-0.15, -0.1) is 11.3 Å². The number of aryl methyl sites for hydroxylation is 1. The zero-order valence-electron chi connectivity index (χ0n) is 20.8. The minimum atomic E-state index is -0.310. The lowest BCUT2D eigenvalue weighted by Gasteiger charge is -2.15. The minimum absolute atomic E-state index is 0.165. The molecule has 4 aromatic rings. The van der Waals surface area contributed by atoms with Crippen molar-refractivity contribution >= 4 is 38.8 Å². The Balaban J connectivity index is 2.01. The molecule has 0 saturated heterocycles. The summed E-state index contributed by atoms with van der Waals surface area (Å²) in [6.07, 6.45) is 0. The molecule has 0 aliphatic rings. The molecule has 0 aliphatic heterocycles. The number of nitrogens with two attached hydrogens (primary N) is 1. The Labute approximate surface area is 212 Å². The SMILES string of the molecule is COc1ccc(C(=O)c2sc3nc(C)c(C(C)=O)c(-c4ccc(OC)c(OC)c4)c3c2N)c(OC)c1. The molecule has 0 radical (unpaired) electrons. The molecule has 0 unspecified atom stereocenters. The number of anilines is 1. The second kappa shape index (κ2) is 9.87. The van der Waals surface area contributed by atoms with Gasteiger partial charge in [0.2, 0.25) is 5.78 Å². The Morgan fingerprint density at radius 1 is 0.889 bits per heavy atom. The van der Waals surface area contributed by atoms with E-state index in [4.69, 9.17) is 24.7 Å². The lowest BCUT2D eigenvalue weighted by atomic mass is 9.93. The Morgan fingerprint density at radius 3 is 2.19 bits per heavy atom. The van der Waals surface area contributed by atoms with E-state index in [1.165, 1.54) is 32.5 Å². The standard InChI is InChI=1S/C27H26N2O6S/c1-13-21(14(2)30)22(15-7-10-18(33-4)20(11-15)35-6)23-24(28)26(36-27(23)29-13)25(31)17-9-8-16(32-3)12-19(17)34-5/h7-12H,28H2,1-6H3. The summed E-state index contributed by atoms with van der Waals surface area (Å²) in [6.45, 7) is 3.25. The van der Waals surface area contributed by atoms with Gasteiger partial charge in [0.25, 0.3) is 0 Å². The van der Waals surface area contributed by atoms with Crippen LogP contribution in [0, 0.1) is 6.92 Å². The average Bonchev–Trinajstić information content (AvgIpc) is 3.21. The number of Topliss-reactive ketones (excluding diaryl/α,β-unsaturated/α-hetero) is 1. The van der Waals surface area contributed by atoms with Crippen molar-refractivity contribution in [2.45, 2.75) is 13.8 Å². The number of aromatic nitrogens is 1. The Bertz CT molecular complexity index is 1510. The van der Waals surface area contributed by atoms with Gasteiger partial charge in [0.15, 0.2) is 17.3 Å². The first-order valence-corrected chi connectivity index (χ1v) is 11.8. The summed E-state index contributed by atoms with van der Waals surface area (Å²) >= 11 is 1.18. The number of benzene rings is 2. The normalized spacial score (nSPS) is 10.8. The highest BCUT2D eigenvalue weighted by Gasteiger charge is 2.27. The lowest BCUT2D eigenvalue weighted by molar-refractivity contribution is 0.101. The molecule has 0 saturated carbocycles. The molecule has 0 spiro atoms. The Kier molecular flexibility index (Phi) is 6.85. The van der Waals surface area contributed by atoms with Crippen molar-refractivity contribution in [3.63, 3.8) is 0 Å². The fourth-order valence-electron chi connectivity index (χ4n) is 4.25. The number of rotatable bonds is 8. The van der Waals surface area contributed by atoms with Gasteiger partial charge in [-0.3, -0.25) is 9.59 Å². The third kappa shape index (κ3) is 4.11. The van der Waals surface area contributed by atoms with Crippen molar-refractivity contribution < 1.29 is 28.5 Å². The fourth-order valence-corrected chi connectivity index (χ4v) is 5.36. The Hall–Kier alpha value is -4.11. The number of thiophene rings is 1. The zero-order chi connectivity index (χ0) is 26.1. The molecule has 2 heterocycles. The molecular formula is C27H26N2O6S. The summed E-state index contributed by atoms with van der Waals surface area (Å²) in [5.41, 5.74) is 9.48. The van der Waals surface area contributed by atoms with Crippen LogP contribution in [0.5, 0.6) is 23.0 Å². The summed E-state index contributed by atoms with van der Waals surface area (Å²) in [6, 6.07) is 10.3. The smallest absolute Gasteiger partial charge is 0.208 e. The molecule has 8 nitrogen and oxygen atoms in total. The number of ether oxygens (including phenoxy) is 4. The third-order valence-electron chi connectivity index (χ3n) is 5.94. The molecular weight excluding hydrogens is 480 g/mol. The van der Waals surface area contributed by atoms with Crippen LogP contribution in [0.3, 0.4) is 0 Å². The molecule has 2 aromatic heterocycles. The predicted octanol–water partition coefficient (Wildman–Crippen LogP) is 5.32. The van der Waals surface area contributed by atoms with Crippen LogP contribution in [0.15, 0.2) is 36.4 Å². The number of carbonyl (C=O) groups excluding carboxylic acids is 2. The topological polar surface area (TPSA) is 110 Å². The van der Waals surface area contributed by atoms with Crippen molar-refractivity contribution in [2.75, 3.05) is 34.2 Å². The van der Waals surface area contributed by atoms with E-state index in [1.54, 1.807) is 51.5 Å². The van der Waals surface area contributed by atoms with Crippen molar-refractivity contribution in [1.82, 2.24) is 4.98 Å². The van der Waals surface area contributed by atoms with Crippen LogP contribution in [0.2, 0.25) is 0 Å². The van der Waals surface area contributed by atoms with Crippen molar-refractivity contribution in [3.05, 3.63) is 58.1 Å². The number of ketones is 2. The van der Waals surface area contributed by atoms with Crippen LogP contribution >= 0.6 is 11.3 Å². The molecule has 0 atom stereocenters. The molecule has 0 aliphatic carbocycles. The maximum atomic E-state index is 13.6. The lowest BCUT2D eigenvalue weighted by Crippen LogP contribution is -2.06. The number of nitrogen functional groups attached to an aromatic ring is 1. The second-order valence-electron chi connectivity index (χ2n) is 7.99. The second-order valence-corrected chi connectivity index (χ2v) is 8.99. The van der Waals surface area contributed by atoms with Gasteiger partial charge in [0.1, 0.15) is 21.2 Å². The van der Waals surface area contributed by atoms with Gasteiger partial charge in [-0.2, -0.15) is 0 Å². The zero-order valence-corrected chi connectivity index (χ0v) is 21.7. The van der Waals surface area contributed by atoms with Crippen LogP contribution in [-0.2, 0) is 0 Å². The van der Waals surface area contributed by atoms with E-state index in [2.05, 4.69) is 4.98 Å². The number of pyridine rings is 1. The van der Waals surface area contributed by atoms with Crippen molar-refractivity contribution in [3.8, 4) is 34.1 Å². The van der Waals surface area contributed by atoms with E-state index in [1.807, 2.05) is 6.07 Å². The van der Waals surface area contributed by atoms with Crippen LogP contribution in [-0.4, -0.2) is 45.0 Å². The van der Waals surface area contributed by atoms with Gasteiger partial charge in [0.05, 0.1) is 45.4 Å². The van der Waals surface area contributed by atoms with Crippen LogP contribution in [0.4, 0.5) is 5.69 Å².